The fourth-order valence-electron chi connectivity index (χ4n) is 2.29. The van der Waals surface area contributed by atoms with Crippen molar-refractivity contribution >= 4 is 23.1 Å². The zero-order valence-corrected chi connectivity index (χ0v) is 12.6. The predicted molar refractivity (Wildman–Crippen MR) is 82.8 cm³/mol. The second-order valence-electron chi connectivity index (χ2n) is 4.54. The van der Waals surface area contributed by atoms with Crippen LogP contribution < -0.4 is 10.6 Å². The van der Waals surface area contributed by atoms with E-state index in [4.69, 9.17) is 22.5 Å². The number of amidine groups is 1. The van der Waals surface area contributed by atoms with E-state index in [9.17, 15) is 5.11 Å². The van der Waals surface area contributed by atoms with Gasteiger partial charge >= 0.3 is 0 Å². The van der Waals surface area contributed by atoms with Crippen molar-refractivity contribution in [1.82, 2.24) is 0 Å². The molecule has 0 amide bonds. The van der Waals surface area contributed by atoms with E-state index < -0.39 is 0 Å². The molecule has 0 radical (unpaired) electrons. The van der Waals surface area contributed by atoms with Crippen LogP contribution in [0.3, 0.4) is 0 Å². The van der Waals surface area contributed by atoms with Crippen molar-refractivity contribution in [2.75, 3.05) is 18.1 Å². The topological polar surface area (TPSA) is 82.1 Å². The van der Waals surface area contributed by atoms with E-state index in [1.807, 2.05) is 6.07 Å². The molecule has 0 aliphatic rings. The van der Waals surface area contributed by atoms with Crippen LogP contribution in [0.4, 0.5) is 5.69 Å². The second kappa shape index (κ2) is 7.97. The standard InChI is InChI=1S/C14H22ClN3O2/c1-3-11(4-2)18(7-8-19)13-6-5-10(9-12(13)15)14(16)17-20/h5-6,9,11,19-20H,3-4,7-8H2,1-2H3,(H2,16,17). The minimum Gasteiger partial charge on any atom is -0.409 e. The third kappa shape index (κ3) is 3.77. The Morgan fingerprint density at radius 2 is 2.05 bits per heavy atom. The van der Waals surface area contributed by atoms with E-state index in [0.717, 1.165) is 18.5 Å². The van der Waals surface area contributed by atoms with E-state index in [2.05, 4.69) is 23.9 Å². The van der Waals surface area contributed by atoms with E-state index in [1.165, 1.54) is 0 Å². The van der Waals surface area contributed by atoms with Gasteiger partial charge in [0.1, 0.15) is 0 Å². The van der Waals surface area contributed by atoms with Crippen LogP contribution in [0.5, 0.6) is 0 Å². The molecule has 1 rings (SSSR count). The van der Waals surface area contributed by atoms with E-state index in [-0.39, 0.29) is 12.4 Å². The van der Waals surface area contributed by atoms with E-state index >= 15 is 0 Å². The van der Waals surface area contributed by atoms with Gasteiger partial charge in [-0.25, -0.2) is 0 Å². The summed E-state index contributed by atoms with van der Waals surface area (Å²) in [4.78, 5) is 2.10. The van der Waals surface area contributed by atoms with Gasteiger partial charge < -0.3 is 20.9 Å². The lowest BCUT2D eigenvalue weighted by Gasteiger charge is -2.33. The van der Waals surface area contributed by atoms with Gasteiger partial charge in [-0.15, -0.1) is 0 Å². The van der Waals surface area contributed by atoms with Crippen molar-refractivity contribution in [3.63, 3.8) is 0 Å². The van der Waals surface area contributed by atoms with Crippen LogP contribution >= 0.6 is 11.6 Å². The molecule has 112 valence electrons. The van der Waals surface area contributed by atoms with Crippen molar-refractivity contribution in [3.05, 3.63) is 28.8 Å². The summed E-state index contributed by atoms with van der Waals surface area (Å²) < 4.78 is 0. The molecule has 1 aromatic carbocycles. The highest BCUT2D eigenvalue weighted by molar-refractivity contribution is 6.33. The monoisotopic (exact) mass is 299 g/mol. The lowest BCUT2D eigenvalue weighted by molar-refractivity contribution is 0.296. The van der Waals surface area contributed by atoms with Crippen molar-refractivity contribution in [1.29, 1.82) is 0 Å². The van der Waals surface area contributed by atoms with Gasteiger partial charge in [-0.3, -0.25) is 0 Å². The highest BCUT2D eigenvalue weighted by atomic mass is 35.5. The van der Waals surface area contributed by atoms with Crippen LogP contribution in [0, 0.1) is 0 Å². The Morgan fingerprint density at radius 1 is 1.40 bits per heavy atom. The molecule has 6 heteroatoms. The first-order chi connectivity index (χ1) is 9.58. The number of nitrogens with zero attached hydrogens (tertiary/aromatic N) is 2. The summed E-state index contributed by atoms with van der Waals surface area (Å²) >= 11 is 6.30. The molecular weight excluding hydrogens is 278 g/mol. The molecule has 0 bridgehead atoms. The Balaban J connectivity index is 3.14. The third-order valence-corrected chi connectivity index (χ3v) is 3.69. The molecular formula is C14H22ClN3O2. The average Bonchev–Trinajstić information content (AvgIpc) is 2.46. The fraction of sp³-hybridized carbons (Fsp3) is 0.500. The summed E-state index contributed by atoms with van der Waals surface area (Å²) in [6.07, 6.45) is 1.93. The van der Waals surface area contributed by atoms with Gasteiger partial charge in [0.2, 0.25) is 0 Å². The summed E-state index contributed by atoms with van der Waals surface area (Å²) in [6.45, 7) is 4.80. The third-order valence-electron chi connectivity index (χ3n) is 3.38. The normalized spacial score (nSPS) is 11.9. The molecule has 0 aliphatic carbocycles. The molecule has 0 saturated carbocycles. The molecule has 0 aliphatic heterocycles. The van der Waals surface area contributed by atoms with Crippen molar-refractivity contribution in [3.8, 4) is 0 Å². The number of nitrogens with two attached hydrogens (primary N) is 1. The minimum atomic E-state index is 0.0229. The fourth-order valence-corrected chi connectivity index (χ4v) is 2.58. The Bertz CT molecular complexity index is 462. The Labute approximate surface area is 124 Å². The molecule has 0 atom stereocenters. The number of halogens is 1. The number of anilines is 1. The summed E-state index contributed by atoms with van der Waals surface area (Å²) in [5.74, 6) is 0.0229. The predicted octanol–water partition coefficient (Wildman–Crippen LogP) is 2.42. The molecule has 0 heterocycles. The summed E-state index contributed by atoms with van der Waals surface area (Å²) in [7, 11) is 0. The van der Waals surface area contributed by atoms with Crippen LogP contribution in [-0.4, -0.2) is 35.3 Å². The quantitative estimate of drug-likeness (QED) is 0.312. The van der Waals surface area contributed by atoms with Gasteiger partial charge in [-0.1, -0.05) is 30.6 Å². The van der Waals surface area contributed by atoms with Crippen LogP contribution in [-0.2, 0) is 0 Å². The Hall–Kier alpha value is -1.46. The van der Waals surface area contributed by atoms with Crippen LogP contribution in [0.15, 0.2) is 23.4 Å². The minimum absolute atomic E-state index is 0.0229. The first-order valence-corrected chi connectivity index (χ1v) is 7.11. The molecule has 0 aromatic heterocycles. The van der Waals surface area contributed by atoms with Gasteiger partial charge in [0, 0.05) is 18.2 Å². The van der Waals surface area contributed by atoms with Crippen molar-refractivity contribution in [2.24, 2.45) is 10.9 Å². The molecule has 0 fully saturated rings. The maximum atomic E-state index is 9.25. The number of aliphatic hydroxyl groups excluding tert-OH is 1. The van der Waals surface area contributed by atoms with E-state index in [1.54, 1.807) is 12.1 Å². The van der Waals surface area contributed by atoms with Crippen LogP contribution in [0.25, 0.3) is 0 Å². The van der Waals surface area contributed by atoms with Crippen LogP contribution in [0.2, 0.25) is 5.02 Å². The number of aliphatic hydroxyl groups is 1. The maximum absolute atomic E-state index is 9.25. The van der Waals surface area contributed by atoms with Gasteiger partial charge in [-0.2, -0.15) is 0 Å². The Kier molecular flexibility index (Phi) is 6.61. The summed E-state index contributed by atoms with van der Waals surface area (Å²) in [6, 6.07) is 5.57. The van der Waals surface area contributed by atoms with Gasteiger partial charge in [0.25, 0.3) is 0 Å². The lowest BCUT2D eigenvalue weighted by atomic mass is 10.1. The molecule has 0 spiro atoms. The van der Waals surface area contributed by atoms with Crippen LogP contribution in [0.1, 0.15) is 32.3 Å². The van der Waals surface area contributed by atoms with Gasteiger partial charge in [0.05, 0.1) is 17.3 Å². The van der Waals surface area contributed by atoms with E-state index in [0.29, 0.717) is 23.2 Å². The first-order valence-electron chi connectivity index (χ1n) is 6.73. The van der Waals surface area contributed by atoms with Gasteiger partial charge in [-0.05, 0) is 31.0 Å². The second-order valence-corrected chi connectivity index (χ2v) is 4.95. The number of rotatable bonds is 7. The average molecular weight is 300 g/mol. The number of hydrogen-bond donors (Lipinski definition) is 3. The molecule has 4 N–H and O–H groups in total. The molecule has 20 heavy (non-hydrogen) atoms. The highest BCUT2D eigenvalue weighted by Crippen LogP contribution is 2.29. The number of hydrogen-bond acceptors (Lipinski definition) is 4. The highest BCUT2D eigenvalue weighted by Gasteiger charge is 2.18. The first kappa shape index (κ1) is 16.6. The zero-order chi connectivity index (χ0) is 15.1. The van der Waals surface area contributed by atoms with Crippen molar-refractivity contribution in [2.45, 2.75) is 32.7 Å². The number of benzene rings is 1. The van der Waals surface area contributed by atoms with Gasteiger partial charge in [0.15, 0.2) is 5.84 Å². The molecule has 0 saturated heterocycles. The molecule has 5 nitrogen and oxygen atoms in total. The van der Waals surface area contributed by atoms with Crippen molar-refractivity contribution < 1.29 is 10.3 Å². The SMILES string of the molecule is CCC(CC)N(CCO)c1ccc(C(N)=NO)cc1Cl. The smallest absolute Gasteiger partial charge is 0.170 e. The Morgan fingerprint density at radius 3 is 2.50 bits per heavy atom. The largest absolute Gasteiger partial charge is 0.409 e. The maximum Gasteiger partial charge on any atom is 0.170 e. The lowest BCUT2D eigenvalue weighted by Crippen LogP contribution is -2.37. The zero-order valence-electron chi connectivity index (χ0n) is 11.9. The molecule has 0 unspecified atom stereocenters. The molecule has 1 aromatic rings. The summed E-state index contributed by atoms with van der Waals surface area (Å²) in [5, 5.41) is 21.4. The summed E-state index contributed by atoms with van der Waals surface area (Å²) in [5.41, 5.74) is 6.96. The number of oxime groups is 1.